The summed E-state index contributed by atoms with van der Waals surface area (Å²) in [6, 6.07) is 5.75. The van der Waals surface area contributed by atoms with Crippen molar-refractivity contribution in [3.63, 3.8) is 0 Å². The third-order valence-corrected chi connectivity index (χ3v) is 4.81. The number of hydrogen-bond donors (Lipinski definition) is 2. The largest absolute Gasteiger partial charge is 0.451 e. The molecule has 5 heteroatoms. The minimum Gasteiger partial charge on any atom is -0.451 e. The van der Waals surface area contributed by atoms with Crippen LogP contribution < -0.4 is 5.32 Å². The number of fused-ring (bicyclic) bond motifs is 1. The van der Waals surface area contributed by atoms with Gasteiger partial charge in [0.2, 0.25) is 0 Å². The van der Waals surface area contributed by atoms with Gasteiger partial charge in [0, 0.05) is 34.0 Å². The maximum atomic E-state index is 12.4. The van der Waals surface area contributed by atoms with E-state index in [0.29, 0.717) is 11.3 Å². The van der Waals surface area contributed by atoms with Gasteiger partial charge < -0.3 is 14.8 Å². The Morgan fingerprint density at radius 3 is 3.05 bits per heavy atom. The van der Waals surface area contributed by atoms with Crippen molar-refractivity contribution in [1.29, 1.82) is 0 Å². The molecule has 1 aliphatic carbocycles. The van der Waals surface area contributed by atoms with Gasteiger partial charge in [-0.25, -0.2) is 0 Å². The first kappa shape index (κ1) is 14.6. The molecule has 1 aromatic heterocycles. The Bertz CT molecular complexity index is 679. The first-order valence-corrected chi connectivity index (χ1v) is 8.00. The second kappa shape index (κ2) is 5.81. The van der Waals surface area contributed by atoms with Crippen molar-refractivity contribution in [2.24, 2.45) is 5.92 Å². The second-order valence-corrected chi connectivity index (χ2v) is 6.57. The zero-order valence-corrected chi connectivity index (χ0v) is 13.4. The van der Waals surface area contributed by atoms with Gasteiger partial charge in [0.15, 0.2) is 5.76 Å². The topological polar surface area (TPSA) is 62.5 Å². The van der Waals surface area contributed by atoms with Crippen molar-refractivity contribution in [2.45, 2.75) is 32.2 Å². The number of benzene rings is 1. The average Bonchev–Trinajstić information content (AvgIpc) is 3.04. The highest BCUT2D eigenvalue weighted by atomic mass is 79.9. The Morgan fingerprint density at radius 2 is 2.29 bits per heavy atom. The van der Waals surface area contributed by atoms with E-state index in [4.69, 9.17) is 4.42 Å². The maximum Gasteiger partial charge on any atom is 0.287 e. The second-order valence-electron chi connectivity index (χ2n) is 5.65. The number of nitrogens with one attached hydrogen (secondary N) is 1. The minimum absolute atomic E-state index is 0.0434. The normalized spacial score (nSPS) is 21.9. The Balaban J connectivity index is 1.86. The molecule has 0 spiro atoms. The van der Waals surface area contributed by atoms with Crippen molar-refractivity contribution in [2.75, 3.05) is 6.61 Å². The van der Waals surface area contributed by atoms with Crippen LogP contribution in [0.4, 0.5) is 0 Å². The smallest absolute Gasteiger partial charge is 0.287 e. The van der Waals surface area contributed by atoms with Gasteiger partial charge >= 0.3 is 0 Å². The SMILES string of the molecule is Cc1c(C(=O)NC2CCCC2CO)oc2ccc(Br)cc12. The van der Waals surface area contributed by atoms with Gasteiger partial charge in [0.1, 0.15) is 5.58 Å². The predicted octanol–water partition coefficient (Wildman–Crippen LogP) is 3.39. The number of carbonyl (C=O) groups excluding carboxylic acids is 1. The van der Waals surface area contributed by atoms with Crippen LogP contribution in [-0.2, 0) is 0 Å². The average molecular weight is 352 g/mol. The molecular formula is C16H18BrNO3. The number of amides is 1. The van der Waals surface area contributed by atoms with Crippen LogP contribution in [-0.4, -0.2) is 23.7 Å². The Labute approximate surface area is 131 Å². The van der Waals surface area contributed by atoms with E-state index >= 15 is 0 Å². The van der Waals surface area contributed by atoms with Crippen LogP contribution in [0.5, 0.6) is 0 Å². The van der Waals surface area contributed by atoms with E-state index < -0.39 is 0 Å². The van der Waals surface area contributed by atoms with Crippen molar-refractivity contribution >= 4 is 32.8 Å². The van der Waals surface area contributed by atoms with Gasteiger partial charge in [-0.1, -0.05) is 22.4 Å². The molecule has 1 aliphatic rings. The third-order valence-electron chi connectivity index (χ3n) is 4.31. The highest BCUT2D eigenvalue weighted by Crippen LogP contribution is 2.29. The summed E-state index contributed by atoms with van der Waals surface area (Å²) >= 11 is 3.43. The fraction of sp³-hybridized carbons (Fsp3) is 0.438. The van der Waals surface area contributed by atoms with Crippen molar-refractivity contribution in [3.8, 4) is 0 Å². The minimum atomic E-state index is -0.190. The molecule has 2 atom stereocenters. The molecule has 21 heavy (non-hydrogen) atoms. The standard InChI is InChI=1S/C16H18BrNO3/c1-9-12-7-11(17)5-6-14(12)21-15(9)16(20)18-13-4-2-3-10(13)8-19/h5-7,10,13,19H,2-4,8H2,1H3,(H,18,20). The summed E-state index contributed by atoms with van der Waals surface area (Å²) in [5.41, 5.74) is 1.56. The Kier molecular flexibility index (Phi) is 4.04. The van der Waals surface area contributed by atoms with Gasteiger partial charge in [-0.15, -0.1) is 0 Å². The molecule has 112 valence electrons. The summed E-state index contributed by atoms with van der Waals surface area (Å²) in [6.07, 6.45) is 2.93. The molecule has 0 saturated heterocycles. The lowest BCUT2D eigenvalue weighted by Gasteiger charge is -2.18. The van der Waals surface area contributed by atoms with Crippen LogP contribution in [0.2, 0.25) is 0 Å². The van der Waals surface area contributed by atoms with E-state index in [0.717, 1.165) is 34.7 Å². The number of hydrogen-bond acceptors (Lipinski definition) is 3. The van der Waals surface area contributed by atoms with E-state index in [-0.39, 0.29) is 24.5 Å². The molecule has 0 aliphatic heterocycles. The number of halogens is 1. The van der Waals surface area contributed by atoms with Gasteiger partial charge in [-0.3, -0.25) is 4.79 Å². The molecule has 4 nitrogen and oxygen atoms in total. The Hall–Kier alpha value is -1.33. The Morgan fingerprint density at radius 1 is 1.48 bits per heavy atom. The van der Waals surface area contributed by atoms with Crippen LogP contribution in [0.15, 0.2) is 27.1 Å². The molecular weight excluding hydrogens is 334 g/mol. The molecule has 0 bridgehead atoms. The van der Waals surface area contributed by atoms with Crippen LogP contribution in [0.25, 0.3) is 11.0 Å². The molecule has 2 N–H and O–H groups in total. The van der Waals surface area contributed by atoms with Crippen LogP contribution in [0, 0.1) is 12.8 Å². The lowest BCUT2D eigenvalue weighted by Crippen LogP contribution is -2.38. The quantitative estimate of drug-likeness (QED) is 0.890. The van der Waals surface area contributed by atoms with E-state index in [1.165, 1.54) is 0 Å². The van der Waals surface area contributed by atoms with Crippen LogP contribution in [0.3, 0.4) is 0 Å². The number of aryl methyl sites for hydroxylation is 1. The first-order valence-electron chi connectivity index (χ1n) is 7.20. The monoisotopic (exact) mass is 351 g/mol. The molecule has 1 saturated carbocycles. The molecule has 1 amide bonds. The molecule has 1 aromatic carbocycles. The molecule has 1 heterocycles. The number of carbonyl (C=O) groups is 1. The van der Waals surface area contributed by atoms with Gasteiger partial charge in [-0.2, -0.15) is 0 Å². The van der Waals surface area contributed by atoms with Crippen molar-refractivity contribution < 1.29 is 14.3 Å². The molecule has 3 rings (SSSR count). The summed E-state index contributed by atoms with van der Waals surface area (Å²) in [7, 11) is 0. The van der Waals surface area contributed by atoms with E-state index in [9.17, 15) is 9.90 Å². The van der Waals surface area contributed by atoms with Crippen LogP contribution >= 0.6 is 15.9 Å². The number of aliphatic hydroxyl groups is 1. The number of rotatable bonds is 3. The zero-order chi connectivity index (χ0) is 15.0. The molecule has 1 fully saturated rings. The van der Waals surface area contributed by atoms with E-state index in [2.05, 4.69) is 21.2 Å². The summed E-state index contributed by atoms with van der Waals surface area (Å²) in [5, 5.41) is 13.3. The lowest BCUT2D eigenvalue weighted by molar-refractivity contribution is 0.0889. The lowest BCUT2D eigenvalue weighted by atomic mass is 10.0. The van der Waals surface area contributed by atoms with E-state index in [1.54, 1.807) is 0 Å². The van der Waals surface area contributed by atoms with Crippen molar-refractivity contribution in [1.82, 2.24) is 5.32 Å². The first-order chi connectivity index (χ1) is 10.1. The summed E-state index contributed by atoms with van der Waals surface area (Å²) < 4.78 is 6.66. The third kappa shape index (κ3) is 2.72. The van der Waals surface area contributed by atoms with Gasteiger partial charge in [0.25, 0.3) is 5.91 Å². The molecule has 2 unspecified atom stereocenters. The fourth-order valence-electron chi connectivity index (χ4n) is 3.09. The predicted molar refractivity (Wildman–Crippen MR) is 84.3 cm³/mol. The number of furan rings is 1. The van der Waals surface area contributed by atoms with Gasteiger partial charge in [0.05, 0.1) is 0 Å². The van der Waals surface area contributed by atoms with Crippen LogP contribution in [0.1, 0.15) is 35.4 Å². The van der Waals surface area contributed by atoms with Crippen molar-refractivity contribution in [3.05, 3.63) is 34.0 Å². The zero-order valence-electron chi connectivity index (χ0n) is 11.9. The summed E-state index contributed by atoms with van der Waals surface area (Å²) in [6.45, 7) is 2.02. The highest BCUT2D eigenvalue weighted by molar-refractivity contribution is 9.10. The van der Waals surface area contributed by atoms with Gasteiger partial charge in [-0.05, 0) is 38.0 Å². The highest BCUT2D eigenvalue weighted by Gasteiger charge is 2.29. The van der Waals surface area contributed by atoms with E-state index in [1.807, 2.05) is 25.1 Å². The maximum absolute atomic E-state index is 12.4. The summed E-state index contributed by atoms with van der Waals surface area (Å²) in [5.74, 6) is 0.338. The summed E-state index contributed by atoms with van der Waals surface area (Å²) in [4.78, 5) is 12.4. The molecule has 0 radical (unpaired) electrons. The number of aliphatic hydroxyl groups excluding tert-OH is 1. The molecule has 2 aromatic rings. The fourth-order valence-corrected chi connectivity index (χ4v) is 3.45.